The standard InChI is InChI=1S/C24H20F2N4O/c25-20-10-4-8-18(12-20)13-22(19-9-5-11-21(26)14-19)27-24(31)23-16-30(29-28-23)15-17-6-2-1-3-7-17/h1-12,14,16,22H,13,15H2,(H,27,31). The minimum Gasteiger partial charge on any atom is -0.343 e. The summed E-state index contributed by atoms with van der Waals surface area (Å²) >= 11 is 0. The number of halogens is 2. The maximum absolute atomic E-state index is 13.8. The summed E-state index contributed by atoms with van der Waals surface area (Å²) in [5.74, 6) is -1.22. The average molecular weight is 418 g/mol. The van der Waals surface area contributed by atoms with E-state index in [1.807, 2.05) is 30.3 Å². The molecule has 1 unspecified atom stereocenters. The van der Waals surface area contributed by atoms with Gasteiger partial charge in [0.2, 0.25) is 0 Å². The summed E-state index contributed by atoms with van der Waals surface area (Å²) in [6.07, 6.45) is 1.86. The van der Waals surface area contributed by atoms with E-state index in [2.05, 4.69) is 15.6 Å². The predicted octanol–water partition coefficient (Wildman–Crippen LogP) is 4.32. The van der Waals surface area contributed by atoms with Crippen molar-refractivity contribution in [2.24, 2.45) is 0 Å². The van der Waals surface area contributed by atoms with Crippen molar-refractivity contribution in [3.8, 4) is 0 Å². The minimum atomic E-state index is -0.565. The van der Waals surface area contributed by atoms with Crippen molar-refractivity contribution in [2.45, 2.75) is 19.0 Å². The second-order valence-electron chi connectivity index (χ2n) is 7.20. The Kier molecular flexibility index (Phi) is 6.12. The lowest BCUT2D eigenvalue weighted by molar-refractivity contribution is 0.0931. The van der Waals surface area contributed by atoms with E-state index in [0.717, 1.165) is 5.56 Å². The Labute approximate surface area is 178 Å². The monoisotopic (exact) mass is 418 g/mol. The molecule has 1 heterocycles. The lowest BCUT2D eigenvalue weighted by Gasteiger charge is -2.19. The van der Waals surface area contributed by atoms with Gasteiger partial charge in [-0.2, -0.15) is 0 Å². The minimum absolute atomic E-state index is 0.150. The van der Waals surface area contributed by atoms with Crippen LogP contribution in [0.3, 0.4) is 0 Å². The third-order valence-electron chi connectivity index (χ3n) is 4.84. The van der Waals surface area contributed by atoms with Crippen molar-refractivity contribution >= 4 is 5.91 Å². The summed E-state index contributed by atoms with van der Waals surface area (Å²) in [7, 11) is 0. The molecule has 1 amide bonds. The largest absolute Gasteiger partial charge is 0.343 e. The molecule has 0 fully saturated rings. The smallest absolute Gasteiger partial charge is 0.273 e. The number of rotatable bonds is 7. The molecule has 4 aromatic rings. The van der Waals surface area contributed by atoms with Crippen molar-refractivity contribution in [1.29, 1.82) is 0 Å². The van der Waals surface area contributed by atoms with Gasteiger partial charge >= 0.3 is 0 Å². The van der Waals surface area contributed by atoms with Crippen LogP contribution >= 0.6 is 0 Å². The number of benzene rings is 3. The molecule has 0 saturated carbocycles. The zero-order valence-corrected chi connectivity index (χ0v) is 16.6. The van der Waals surface area contributed by atoms with Crippen LogP contribution in [-0.4, -0.2) is 20.9 Å². The lowest BCUT2D eigenvalue weighted by Crippen LogP contribution is -2.30. The molecule has 0 aliphatic carbocycles. The van der Waals surface area contributed by atoms with E-state index in [1.54, 1.807) is 35.1 Å². The van der Waals surface area contributed by atoms with Gasteiger partial charge in [-0.3, -0.25) is 4.79 Å². The first-order valence-corrected chi connectivity index (χ1v) is 9.81. The molecule has 4 rings (SSSR count). The summed E-state index contributed by atoms with van der Waals surface area (Å²) < 4.78 is 29.0. The van der Waals surface area contributed by atoms with Gasteiger partial charge < -0.3 is 5.32 Å². The molecule has 5 nitrogen and oxygen atoms in total. The number of carbonyl (C=O) groups is 1. The maximum Gasteiger partial charge on any atom is 0.273 e. The second-order valence-corrected chi connectivity index (χ2v) is 7.20. The topological polar surface area (TPSA) is 59.8 Å². The average Bonchev–Trinajstić information content (AvgIpc) is 3.23. The van der Waals surface area contributed by atoms with Gasteiger partial charge in [-0.15, -0.1) is 5.10 Å². The molecule has 0 radical (unpaired) electrons. The van der Waals surface area contributed by atoms with Crippen LogP contribution in [0.5, 0.6) is 0 Å². The van der Waals surface area contributed by atoms with Gasteiger partial charge in [-0.1, -0.05) is 59.8 Å². The zero-order chi connectivity index (χ0) is 21.6. The Hall–Kier alpha value is -3.87. The predicted molar refractivity (Wildman–Crippen MR) is 112 cm³/mol. The molecule has 0 saturated heterocycles. The number of nitrogens with zero attached hydrogens (tertiary/aromatic N) is 3. The second kappa shape index (κ2) is 9.30. The molecule has 31 heavy (non-hydrogen) atoms. The van der Waals surface area contributed by atoms with Crippen LogP contribution in [0.25, 0.3) is 0 Å². The van der Waals surface area contributed by atoms with Crippen LogP contribution in [0.15, 0.2) is 85.1 Å². The van der Waals surface area contributed by atoms with E-state index < -0.39 is 17.8 Å². The quantitative estimate of drug-likeness (QED) is 0.486. The highest BCUT2D eigenvalue weighted by molar-refractivity contribution is 5.92. The molecule has 1 aromatic heterocycles. The highest BCUT2D eigenvalue weighted by Gasteiger charge is 2.19. The molecule has 1 N–H and O–H groups in total. The van der Waals surface area contributed by atoms with Crippen LogP contribution < -0.4 is 5.32 Å². The molecule has 0 aliphatic heterocycles. The molecule has 3 aromatic carbocycles. The van der Waals surface area contributed by atoms with Gasteiger partial charge in [0.25, 0.3) is 5.91 Å². The fraction of sp³-hybridized carbons (Fsp3) is 0.125. The Morgan fingerprint density at radius 3 is 2.35 bits per heavy atom. The van der Waals surface area contributed by atoms with E-state index in [4.69, 9.17) is 0 Å². The fourth-order valence-electron chi connectivity index (χ4n) is 3.36. The van der Waals surface area contributed by atoms with Gasteiger partial charge in [-0.05, 0) is 47.4 Å². The maximum atomic E-state index is 13.8. The summed E-state index contributed by atoms with van der Waals surface area (Å²) in [6.45, 7) is 0.484. The van der Waals surface area contributed by atoms with E-state index in [1.165, 1.54) is 24.3 Å². The Morgan fingerprint density at radius 1 is 0.903 bits per heavy atom. The van der Waals surface area contributed by atoms with Gasteiger partial charge in [0.1, 0.15) is 11.6 Å². The number of hydrogen-bond donors (Lipinski definition) is 1. The zero-order valence-electron chi connectivity index (χ0n) is 16.6. The third-order valence-corrected chi connectivity index (χ3v) is 4.84. The Balaban J connectivity index is 1.53. The van der Waals surface area contributed by atoms with Crippen molar-refractivity contribution in [2.75, 3.05) is 0 Å². The van der Waals surface area contributed by atoms with Gasteiger partial charge in [0, 0.05) is 0 Å². The number of nitrogens with one attached hydrogen (secondary N) is 1. The first-order valence-electron chi connectivity index (χ1n) is 9.81. The molecular formula is C24H20F2N4O. The van der Waals surface area contributed by atoms with Crippen LogP contribution in [0.2, 0.25) is 0 Å². The first kappa shape index (κ1) is 20.4. The highest BCUT2D eigenvalue weighted by Crippen LogP contribution is 2.20. The number of amides is 1. The van der Waals surface area contributed by atoms with Gasteiger partial charge in [0.15, 0.2) is 5.69 Å². The number of carbonyl (C=O) groups excluding carboxylic acids is 1. The van der Waals surface area contributed by atoms with Gasteiger partial charge in [0.05, 0.1) is 18.8 Å². The third kappa shape index (κ3) is 5.39. The Morgan fingerprint density at radius 2 is 1.61 bits per heavy atom. The van der Waals surface area contributed by atoms with Crippen LogP contribution in [0.1, 0.15) is 33.2 Å². The molecule has 7 heteroatoms. The van der Waals surface area contributed by atoms with Crippen LogP contribution in [0, 0.1) is 11.6 Å². The van der Waals surface area contributed by atoms with Crippen LogP contribution in [-0.2, 0) is 13.0 Å². The first-order chi connectivity index (χ1) is 15.1. The van der Waals surface area contributed by atoms with Crippen molar-refractivity contribution < 1.29 is 13.6 Å². The van der Waals surface area contributed by atoms with Gasteiger partial charge in [-0.25, -0.2) is 13.5 Å². The molecular weight excluding hydrogens is 398 g/mol. The number of aromatic nitrogens is 3. The summed E-state index contributed by atoms with van der Waals surface area (Å²) in [4.78, 5) is 12.8. The van der Waals surface area contributed by atoms with Crippen molar-refractivity contribution in [3.63, 3.8) is 0 Å². The van der Waals surface area contributed by atoms with Crippen molar-refractivity contribution in [3.05, 3.63) is 119 Å². The van der Waals surface area contributed by atoms with Crippen LogP contribution in [0.4, 0.5) is 8.78 Å². The molecule has 0 aliphatic rings. The number of hydrogen-bond acceptors (Lipinski definition) is 3. The van der Waals surface area contributed by atoms with E-state index >= 15 is 0 Å². The van der Waals surface area contributed by atoms with E-state index in [9.17, 15) is 13.6 Å². The highest BCUT2D eigenvalue weighted by atomic mass is 19.1. The fourth-order valence-corrected chi connectivity index (χ4v) is 3.36. The summed E-state index contributed by atoms with van der Waals surface area (Å²) in [5.41, 5.74) is 2.44. The molecule has 0 bridgehead atoms. The van der Waals surface area contributed by atoms with E-state index in [-0.39, 0.29) is 11.5 Å². The molecule has 1 atom stereocenters. The van der Waals surface area contributed by atoms with Crippen molar-refractivity contribution in [1.82, 2.24) is 20.3 Å². The Bertz CT molecular complexity index is 1180. The summed E-state index contributed by atoms with van der Waals surface area (Å²) in [5, 5.41) is 10.9. The lowest BCUT2D eigenvalue weighted by atomic mass is 9.98. The van der Waals surface area contributed by atoms with E-state index in [0.29, 0.717) is 24.1 Å². The summed E-state index contributed by atoms with van der Waals surface area (Å²) in [6, 6.07) is 21.2. The SMILES string of the molecule is O=C(NC(Cc1cccc(F)c1)c1cccc(F)c1)c1cn(Cc2ccccc2)nn1. The molecule has 0 spiro atoms. The molecule has 156 valence electrons. The normalized spacial score (nSPS) is 11.8.